The summed E-state index contributed by atoms with van der Waals surface area (Å²) in [6.45, 7) is 9.33. The van der Waals surface area contributed by atoms with Gasteiger partial charge in [-0.15, -0.1) is 0 Å². The van der Waals surface area contributed by atoms with Crippen LogP contribution >= 0.6 is 0 Å². The lowest BCUT2D eigenvalue weighted by atomic mass is 9.98. The van der Waals surface area contributed by atoms with Gasteiger partial charge >= 0.3 is 6.09 Å². The number of amides is 1. The molecule has 0 radical (unpaired) electrons. The van der Waals surface area contributed by atoms with Gasteiger partial charge in [-0.1, -0.05) is 48.5 Å². The van der Waals surface area contributed by atoms with Gasteiger partial charge in [0.1, 0.15) is 5.60 Å². The van der Waals surface area contributed by atoms with E-state index in [2.05, 4.69) is 60.0 Å². The topological polar surface area (TPSA) is 34.5 Å². The van der Waals surface area contributed by atoms with Gasteiger partial charge in [-0.2, -0.15) is 0 Å². The quantitative estimate of drug-likeness (QED) is 0.588. The number of carbonyl (C=O) groups is 1. The number of fused-ring (bicyclic) bond motifs is 3. The molecule has 1 amide bonds. The summed E-state index contributed by atoms with van der Waals surface area (Å²) in [5.41, 5.74) is 4.58. The minimum absolute atomic E-state index is 0.0327. The van der Waals surface area contributed by atoms with E-state index in [1.165, 1.54) is 27.7 Å². The van der Waals surface area contributed by atoms with Crippen molar-refractivity contribution in [3.8, 4) is 0 Å². The van der Waals surface area contributed by atoms with Crippen LogP contribution in [0.2, 0.25) is 0 Å². The molecule has 28 heavy (non-hydrogen) atoms. The lowest BCUT2D eigenvalue weighted by molar-refractivity contribution is 0.0153. The predicted octanol–water partition coefficient (Wildman–Crippen LogP) is 5.54. The highest BCUT2D eigenvalue weighted by atomic mass is 16.6. The van der Waals surface area contributed by atoms with Gasteiger partial charge in [-0.25, -0.2) is 4.79 Å². The zero-order valence-electron chi connectivity index (χ0n) is 17.1. The van der Waals surface area contributed by atoms with E-state index in [1.807, 2.05) is 31.7 Å². The number of nitrogens with zero attached hydrogens (tertiary/aromatic N) is 2. The third-order valence-electron chi connectivity index (χ3n) is 5.40. The molecule has 0 saturated carbocycles. The number of hydrogen-bond donors (Lipinski definition) is 0. The lowest BCUT2D eigenvalue weighted by Gasteiger charge is -2.36. The van der Waals surface area contributed by atoms with Crippen LogP contribution in [0.3, 0.4) is 0 Å². The molecule has 1 aromatic heterocycles. The molecule has 0 bridgehead atoms. The van der Waals surface area contributed by atoms with E-state index in [0.717, 1.165) is 13.0 Å². The number of hydrogen-bond acceptors (Lipinski definition) is 2. The molecule has 3 aromatic rings. The Morgan fingerprint density at radius 1 is 1.07 bits per heavy atom. The Kier molecular flexibility index (Phi) is 4.66. The van der Waals surface area contributed by atoms with Gasteiger partial charge in [-0.3, -0.25) is 4.90 Å². The van der Waals surface area contributed by atoms with E-state index >= 15 is 0 Å². The van der Waals surface area contributed by atoms with Gasteiger partial charge in [0, 0.05) is 29.7 Å². The Labute approximate surface area is 166 Å². The molecule has 0 saturated heterocycles. The lowest BCUT2D eigenvalue weighted by Crippen LogP contribution is -2.42. The Morgan fingerprint density at radius 3 is 2.46 bits per heavy atom. The molecule has 2 heterocycles. The van der Waals surface area contributed by atoms with Gasteiger partial charge in [0.25, 0.3) is 0 Å². The van der Waals surface area contributed by atoms with Crippen LogP contribution in [0, 0.1) is 0 Å². The molecular formula is C24H28N2O2. The maximum atomic E-state index is 12.8. The number of para-hydroxylation sites is 1. The van der Waals surface area contributed by atoms with E-state index < -0.39 is 5.60 Å². The van der Waals surface area contributed by atoms with Crippen LogP contribution in [-0.4, -0.2) is 27.7 Å². The summed E-state index contributed by atoms with van der Waals surface area (Å²) in [6.07, 6.45) is 0.614. The average molecular weight is 377 g/mol. The van der Waals surface area contributed by atoms with Crippen LogP contribution in [0.5, 0.6) is 0 Å². The Morgan fingerprint density at radius 2 is 1.75 bits per heavy atom. The van der Waals surface area contributed by atoms with Crippen LogP contribution in [0.4, 0.5) is 4.79 Å². The third-order valence-corrected chi connectivity index (χ3v) is 5.40. The van der Waals surface area contributed by atoms with Crippen molar-refractivity contribution in [2.45, 2.75) is 52.3 Å². The largest absolute Gasteiger partial charge is 0.444 e. The van der Waals surface area contributed by atoms with Crippen LogP contribution in [0.25, 0.3) is 10.9 Å². The highest BCUT2D eigenvalue weighted by molar-refractivity contribution is 5.86. The predicted molar refractivity (Wildman–Crippen MR) is 113 cm³/mol. The number of rotatable bonds is 2. The molecule has 2 aromatic carbocycles. The van der Waals surface area contributed by atoms with Crippen molar-refractivity contribution in [3.63, 3.8) is 0 Å². The molecule has 1 aliphatic heterocycles. The first-order chi connectivity index (χ1) is 13.3. The molecule has 1 unspecified atom stereocenters. The van der Waals surface area contributed by atoms with Crippen LogP contribution < -0.4 is 0 Å². The third kappa shape index (κ3) is 3.39. The fourth-order valence-electron chi connectivity index (χ4n) is 4.22. The number of carbonyl (C=O) groups excluding carboxylic acids is 1. The molecule has 0 fully saturated rings. The average Bonchev–Trinajstić information content (AvgIpc) is 2.96. The van der Waals surface area contributed by atoms with E-state index in [1.54, 1.807) is 0 Å². The summed E-state index contributed by atoms with van der Waals surface area (Å²) >= 11 is 0. The minimum Gasteiger partial charge on any atom is -0.444 e. The molecule has 4 rings (SSSR count). The van der Waals surface area contributed by atoms with Gasteiger partial charge < -0.3 is 9.30 Å². The summed E-state index contributed by atoms with van der Waals surface area (Å²) < 4.78 is 8.05. The highest BCUT2D eigenvalue weighted by Gasteiger charge is 2.34. The minimum atomic E-state index is -0.492. The van der Waals surface area contributed by atoms with Crippen molar-refractivity contribution >= 4 is 17.0 Å². The van der Waals surface area contributed by atoms with E-state index in [4.69, 9.17) is 4.74 Å². The molecule has 4 nitrogen and oxygen atoms in total. The summed E-state index contributed by atoms with van der Waals surface area (Å²) in [5, 5.41) is 1.30. The second kappa shape index (κ2) is 7.01. The molecule has 0 N–H and O–H groups in total. The molecule has 1 aliphatic rings. The molecule has 4 heteroatoms. The van der Waals surface area contributed by atoms with E-state index in [-0.39, 0.29) is 12.1 Å². The standard InChI is InChI=1S/C24H28N2O2/c1-17-22-20(14-15-25(17)23(27)28-24(2,3)4)19-12-8-9-13-21(19)26(22)16-18-10-6-5-7-11-18/h5-13,17H,14-16H2,1-4H3. The first-order valence-electron chi connectivity index (χ1n) is 9.99. The van der Waals surface area contributed by atoms with Crippen molar-refractivity contribution in [2.75, 3.05) is 6.54 Å². The van der Waals surface area contributed by atoms with Gasteiger partial charge in [0.15, 0.2) is 0 Å². The highest BCUT2D eigenvalue weighted by Crippen LogP contribution is 2.38. The van der Waals surface area contributed by atoms with Crippen molar-refractivity contribution in [2.24, 2.45) is 0 Å². The van der Waals surface area contributed by atoms with Crippen LogP contribution in [0.15, 0.2) is 54.6 Å². The van der Waals surface area contributed by atoms with Gasteiger partial charge in [0.2, 0.25) is 0 Å². The second-order valence-electron chi connectivity index (χ2n) is 8.55. The molecule has 0 spiro atoms. The zero-order valence-corrected chi connectivity index (χ0v) is 17.1. The normalized spacial score (nSPS) is 16.9. The van der Waals surface area contributed by atoms with Crippen molar-refractivity contribution < 1.29 is 9.53 Å². The van der Waals surface area contributed by atoms with Gasteiger partial charge in [0.05, 0.1) is 6.04 Å². The summed E-state index contributed by atoms with van der Waals surface area (Å²) in [7, 11) is 0. The SMILES string of the molecule is CC1c2c(c3ccccc3n2Cc2ccccc2)CCN1C(=O)OC(C)(C)C. The van der Waals surface area contributed by atoms with Crippen LogP contribution in [-0.2, 0) is 17.7 Å². The Hall–Kier alpha value is -2.75. The van der Waals surface area contributed by atoms with E-state index in [9.17, 15) is 4.79 Å². The first-order valence-corrected chi connectivity index (χ1v) is 9.99. The molecule has 146 valence electrons. The fourth-order valence-corrected chi connectivity index (χ4v) is 4.22. The number of benzene rings is 2. The second-order valence-corrected chi connectivity index (χ2v) is 8.55. The Balaban J connectivity index is 1.78. The smallest absolute Gasteiger partial charge is 0.410 e. The molecular weight excluding hydrogens is 348 g/mol. The number of aromatic nitrogens is 1. The molecule has 0 aliphatic carbocycles. The summed E-state index contributed by atoms with van der Waals surface area (Å²) in [5.74, 6) is 0. The molecule has 1 atom stereocenters. The maximum absolute atomic E-state index is 12.8. The summed E-state index contributed by atoms with van der Waals surface area (Å²) in [6, 6.07) is 19.0. The number of ether oxygens (including phenoxy) is 1. The Bertz CT molecular complexity index is 999. The maximum Gasteiger partial charge on any atom is 0.410 e. The fraction of sp³-hybridized carbons (Fsp3) is 0.375. The zero-order chi connectivity index (χ0) is 19.9. The first kappa shape index (κ1) is 18.6. The van der Waals surface area contributed by atoms with Crippen molar-refractivity contribution in [1.82, 2.24) is 9.47 Å². The van der Waals surface area contributed by atoms with Gasteiger partial charge in [-0.05, 0) is 51.3 Å². The van der Waals surface area contributed by atoms with Crippen LogP contribution in [0.1, 0.15) is 50.6 Å². The van der Waals surface area contributed by atoms with Crippen molar-refractivity contribution in [3.05, 3.63) is 71.4 Å². The van der Waals surface area contributed by atoms with E-state index in [0.29, 0.717) is 6.54 Å². The summed E-state index contributed by atoms with van der Waals surface area (Å²) in [4.78, 5) is 14.7. The van der Waals surface area contributed by atoms with Crippen molar-refractivity contribution in [1.29, 1.82) is 0 Å². The monoisotopic (exact) mass is 376 g/mol.